The van der Waals surface area contributed by atoms with Crippen LogP contribution in [0.4, 0.5) is 4.79 Å². The highest BCUT2D eigenvalue weighted by atomic mass is 127. The van der Waals surface area contributed by atoms with E-state index in [4.69, 9.17) is 10.5 Å². The second-order valence-electron chi connectivity index (χ2n) is 7.31. The zero-order valence-corrected chi connectivity index (χ0v) is 19.0. The van der Waals surface area contributed by atoms with Crippen LogP contribution in [-0.2, 0) is 11.2 Å². The van der Waals surface area contributed by atoms with E-state index >= 15 is 0 Å². The fourth-order valence-electron chi connectivity index (χ4n) is 2.78. The Morgan fingerprint density at radius 3 is 2.88 bits per heavy atom. The molecule has 1 aliphatic rings. The van der Waals surface area contributed by atoms with Gasteiger partial charge in [-0.1, -0.05) is 6.07 Å². The van der Waals surface area contributed by atoms with Crippen molar-refractivity contribution in [3.05, 3.63) is 22.4 Å². The molecule has 0 aliphatic carbocycles. The summed E-state index contributed by atoms with van der Waals surface area (Å²) in [6, 6.07) is 4.22. The van der Waals surface area contributed by atoms with E-state index in [0.717, 1.165) is 38.8 Å². The molecule has 0 radical (unpaired) electrons. The van der Waals surface area contributed by atoms with Crippen LogP contribution in [0.25, 0.3) is 0 Å². The van der Waals surface area contributed by atoms with Gasteiger partial charge in [0.1, 0.15) is 5.60 Å². The van der Waals surface area contributed by atoms with Crippen molar-refractivity contribution in [1.82, 2.24) is 10.2 Å². The first-order valence-electron chi connectivity index (χ1n) is 8.91. The largest absolute Gasteiger partial charge is 0.444 e. The molecule has 3 N–H and O–H groups in total. The lowest BCUT2D eigenvalue weighted by Gasteiger charge is -2.36. The van der Waals surface area contributed by atoms with Gasteiger partial charge in [-0.25, -0.2) is 4.79 Å². The third kappa shape index (κ3) is 8.11. The summed E-state index contributed by atoms with van der Waals surface area (Å²) < 4.78 is 5.51. The first-order valence-corrected chi connectivity index (χ1v) is 9.79. The molecule has 0 saturated carbocycles. The number of nitrogens with two attached hydrogens (primary N) is 1. The van der Waals surface area contributed by atoms with Gasteiger partial charge in [-0.15, -0.1) is 35.3 Å². The van der Waals surface area contributed by atoms with Crippen molar-refractivity contribution in [1.29, 1.82) is 0 Å². The van der Waals surface area contributed by atoms with E-state index in [1.807, 2.05) is 26.8 Å². The molecule has 26 heavy (non-hydrogen) atoms. The number of guanidine groups is 1. The van der Waals surface area contributed by atoms with Gasteiger partial charge in [0.25, 0.3) is 0 Å². The number of nitrogens with one attached hydrogen (secondary N) is 1. The average molecular weight is 494 g/mol. The quantitative estimate of drug-likeness (QED) is 0.373. The second-order valence-corrected chi connectivity index (χ2v) is 8.34. The number of piperidine rings is 1. The molecule has 2 heterocycles. The first kappa shape index (κ1) is 23.0. The Labute approximate surface area is 177 Å². The normalized spacial score (nSPS) is 18.2. The summed E-state index contributed by atoms with van der Waals surface area (Å²) >= 11 is 1.74. The molecule has 0 spiro atoms. The lowest BCUT2D eigenvalue weighted by molar-refractivity contribution is 0.0110. The van der Waals surface area contributed by atoms with Gasteiger partial charge in [-0.05, 0) is 57.9 Å². The SMILES string of the molecule is CC(C)(C)OC(=O)N1CCCCC1CN=C(N)NCCc1cccs1.I. The number of hydrogen-bond acceptors (Lipinski definition) is 4. The molecular formula is C18H31IN4O2S. The van der Waals surface area contributed by atoms with Crippen LogP contribution in [0.3, 0.4) is 0 Å². The number of nitrogens with zero attached hydrogens (tertiary/aromatic N) is 2. The lowest BCUT2D eigenvalue weighted by atomic mass is 10.0. The zero-order chi connectivity index (χ0) is 18.3. The van der Waals surface area contributed by atoms with Crippen molar-refractivity contribution >= 4 is 47.4 Å². The average Bonchev–Trinajstić information content (AvgIpc) is 3.05. The Balaban J connectivity index is 0.00000338. The zero-order valence-electron chi connectivity index (χ0n) is 15.9. The number of halogens is 1. The fourth-order valence-corrected chi connectivity index (χ4v) is 3.49. The maximum Gasteiger partial charge on any atom is 0.410 e. The molecule has 1 aromatic rings. The molecule has 1 aromatic heterocycles. The highest BCUT2D eigenvalue weighted by molar-refractivity contribution is 14.0. The van der Waals surface area contributed by atoms with Crippen LogP contribution in [-0.4, -0.2) is 48.2 Å². The van der Waals surface area contributed by atoms with Gasteiger partial charge in [-0.2, -0.15) is 0 Å². The molecule has 0 bridgehead atoms. The summed E-state index contributed by atoms with van der Waals surface area (Å²) in [4.78, 5) is 19.9. The van der Waals surface area contributed by atoms with Crippen LogP contribution in [0.5, 0.6) is 0 Å². The fraction of sp³-hybridized carbons (Fsp3) is 0.667. The van der Waals surface area contributed by atoms with Crippen molar-refractivity contribution in [2.45, 2.75) is 58.1 Å². The van der Waals surface area contributed by atoms with Crippen LogP contribution in [0.15, 0.2) is 22.5 Å². The monoisotopic (exact) mass is 494 g/mol. The molecule has 1 unspecified atom stereocenters. The van der Waals surface area contributed by atoms with E-state index in [9.17, 15) is 4.79 Å². The molecule has 1 amide bonds. The Hall–Kier alpha value is -1.03. The van der Waals surface area contributed by atoms with Crippen LogP contribution in [0, 0.1) is 0 Å². The van der Waals surface area contributed by atoms with Gasteiger partial charge < -0.3 is 20.7 Å². The van der Waals surface area contributed by atoms with Crippen LogP contribution in [0.1, 0.15) is 44.9 Å². The minimum atomic E-state index is -0.481. The van der Waals surface area contributed by atoms with Crippen LogP contribution in [0.2, 0.25) is 0 Å². The van der Waals surface area contributed by atoms with Gasteiger partial charge in [0, 0.05) is 18.0 Å². The third-order valence-electron chi connectivity index (χ3n) is 3.99. The Kier molecular flexibility index (Phi) is 9.70. The molecule has 1 fully saturated rings. The lowest BCUT2D eigenvalue weighted by Crippen LogP contribution is -2.48. The molecular weight excluding hydrogens is 463 g/mol. The molecule has 1 saturated heterocycles. The van der Waals surface area contributed by atoms with E-state index in [2.05, 4.69) is 21.8 Å². The number of ether oxygens (including phenoxy) is 1. The smallest absolute Gasteiger partial charge is 0.410 e. The topological polar surface area (TPSA) is 80.0 Å². The minimum absolute atomic E-state index is 0. The molecule has 1 atom stereocenters. The molecule has 8 heteroatoms. The van der Waals surface area contributed by atoms with Gasteiger partial charge in [0.15, 0.2) is 5.96 Å². The molecule has 2 rings (SSSR count). The number of likely N-dealkylation sites (tertiary alicyclic amines) is 1. The van der Waals surface area contributed by atoms with Crippen molar-refractivity contribution < 1.29 is 9.53 Å². The van der Waals surface area contributed by atoms with Crippen molar-refractivity contribution in [2.24, 2.45) is 10.7 Å². The van der Waals surface area contributed by atoms with E-state index < -0.39 is 5.60 Å². The summed E-state index contributed by atoms with van der Waals surface area (Å²) in [5, 5.41) is 5.21. The number of amides is 1. The summed E-state index contributed by atoms with van der Waals surface area (Å²) in [7, 11) is 0. The van der Waals surface area contributed by atoms with E-state index in [-0.39, 0.29) is 36.1 Å². The first-order chi connectivity index (χ1) is 11.8. The van der Waals surface area contributed by atoms with Crippen LogP contribution < -0.4 is 11.1 Å². The van der Waals surface area contributed by atoms with Gasteiger partial charge in [-0.3, -0.25) is 4.99 Å². The predicted octanol–water partition coefficient (Wildman–Crippen LogP) is 3.60. The number of rotatable bonds is 5. The molecule has 148 valence electrons. The van der Waals surface area contributed by atoms with E-state index in [0.29, 0.717) is 12.5 Å². The summed E-state index contributed by atoms with van der Waals surface area (Å²) in [5.74, 6) is 0.436. The maximum absolute atomic E-state index is 12.4. The number of carbonyl (C=O) groups is 1. The third-order valence-corrected chi connectivity index (χ3v) is 4.92. The Morgan fingerprint density at radius 1 is 1.46 bits per heavy atom. The van der Waals surface area contributed by atoms with Gasteiger partial charge in [0.05, 0.1) is 12.6 Å². The molecule has 6 nitrogen and oxygen atoms in total. The Bertz CT molecular complexity index is 572. The summed E-state index contributed by atoms with van der Waals surface area (Å²) in [5.41, 5.74) is 5.48. The number of thiophene rings is 1. The van der Waals surface area contributed by atoms with Gasteiger partial charge in [0.2, 0.25) is 0 Å². The Morgan fingerprint density at radius 2 is 2.23 bits per heavy atom. The minimum Gasteiger partial charge on any atom is -0.444 e. The van der Waals surface area contributed by atoms with Crippen molar-refractivity contribution in [2.75, 3.05) is 19.6 Å². The highest BCUT2D eigenvalue weighted by Gasteiger charge is 2.30. The summed E-state index contributed by atoms with van der Waals surface area (Å²) in [6.45, 7) is 7.65. The van der Waals surface area contributed by atoms with Gasteiger partial charge >= 0.3 is 6.09 Å². The summed E-state index contributed by atoms with van der Waals surface area (Å²) in [6.07, 6.45) is 3.72. The number of carbonyl (C=O) groups excluding carboxylic acids is 1. The van der Waals surface area contributed by atoms with Crippen molar-refractivity contribution in [3.8, 4) is 0 Å². The molecule has 1 aliphatic heterocycles. The molecule has 0 aromatic carbocycles. The van der Waals surface area contributed by atoms with E-state index in [1.165, 1.54) is 4.88 Å². The van der Waals surface area contributed by atoms with E-state index in [1.54, 1.807) is 16.2 Å². The highest BCUT2D eigenvalue weighted by Crippen LogP contribution is 2.20. The number of aliphatic imine (C=N–C) groups is 1. The number of hydrogen-bond donors (Lipinski definition) is 2. The van der Waals surface area contributed by atoms with Crippen LogP contribution >= 0.6 is 35.3 Å². The standard InChI is InChI=1S/C18H30N4O2S.HI/c1-18(2,3)24-17(23)22-11-5-4-7-14(22)13-21-16(19)20-10-9-15-8-6-12-25-15;/h6,8,12,14H,4-5,7,9-11,13H2,1-3H3,(H3,19,20,21);1H. The second kappa shape index (κ2) is 11.0. The van der Waals surface area contributed by atoms with Crippen molar-refractivity contribution in [3.63, 3.8) is 0 Å². The predicted molar refractivity (Wildman–Crippen MR) is 119 cm³/mol. The maximum atomic E-state index is 12.4.